The van der Waals surface area contributed by atoms with Gasteiger partial charge in [0, 0.05) is 11.0 Å². The summed E-state index contributed by atoms with van der Waals surface area (Å²) < 4.78 is 14.4. The van der Waals surface area contributed by atoms with Crippen LogP contribution in [0.25, 0.3) is 0 Å². The van der Waals surface area contributed by atoms with Crippen molar-refractivity contribution in [3.63, 3.8) is 0 Å². The molecule has 3 nitrogen and oxygen atoms in total. The standard InChI is InChI=1S/C15H16BrFN2OS/c1-19(2)14(10-5-6-21-9-10)8-18-15(20)12-4-3-11(16)7-13(12)17/h3-7,9,14H,8H2,1-2H3,(H,18,20)/t14-/m1/s1. The number of carbonyl (C=O) groups excluding carboxylic acids is 1. The first-order valence-corrected chi connectivity index (χ1v) is 8.14. The SMILES string of the molecule is CN(C)[C@H](CNC(=O)c1ccc(Br)cc1F)c1ccsc1. The van der Waals surface area contributed by atoms with E-state index in [9.17, 15) is 9.18 Å². The van der Waals surface area contributed by atoms with Crippen LogP contribution in [-0.4, -0.2) is 31.4 Å². The Morgan fingerprint density at radius 1 is 1.43 bits per heavy atom. The first-order chi connectivity index (χ1) is 9.99. The highest BCUT2D eigenvalue weighted by Crippen LogP contribution is 2.20. The second kappa shape index (κ2) is 7.15. The maximum Gasteiger partial charge on any atom is 0.254 e. The van der Waals surface area contributed by atoms with Crippen molar-refractivity contribution in [2.24, 2.45) is 0 Å². The lowest BCUT2D eigenvalue weighted by Gasteiger charge is -2.24. The summed E-state index contributed by atoms with van der Waals surface area (Å²) in [6, 6.07) is 6.52. The molecule has 0 aliphatic rings. The van der Waals surface area contributed by atoms with Crippen molar-refractivity contribution in [1.29, 1.82) is 0 Å². The first-order valence-electron chi connectivity index (χ1n) is 6.41. The molecule has 2 rings (SSSR count). The third-order valence-corrected chi connectivity index (χ3v) is 4.38. The molecule has 1 N–H and O–H groups in total. The van der Waals surface area contributed by atoms with E-state index in [-0.39, 0.29) is 11.6 Å². The molecular weight excluding hydrogens is 355 g/mol. The molecule has 112 valence electrons. The topological polar surface area (TPSA) is 32.3 Å². The van der Waals surface area contributed by atoms with E-state index in [0.29, 0.717) is 11.0 Å². The molecule has 0 fully saturated rings. The van der Waals surface area contributed by atoms with Gasteiger partial charge < -0.3 is 10.2 Å². The molecule has 1 aromatic heterocycles. The van der Waals surface area contributed by atoms with Crippen molar-refractivity contribution in [2.45, 2.75) is 6.04 Å². The smallest absolute Gasteiger partial charge is 0.254 e. The van der Waals surface area contributed by atoms with E-state index in [1.165, 1.54) is 12.1 Å². The zero-order chi connectivity index (χ0) is 15.4. The van der Waals surface area contributed by atoms with Gasteiger partial charge in [0.15, 0.2) is 0 Å². The van der Waals surface area contributed by atoms with Crippen LogP contribution in [0.4, 0.5) is 4.39 Å². The highest BCUT2D eigenvalue weighted by atomic mass is 79.9. The van der Waals surface area contributed by atoms with Gasteiger partial charge in [-0.2, -0.15) is 11.3 Å². The number of thiophene rings is 1. The van der Waals surface area contributed by atoms with Crippen LogP contribution in [0.1, 0.15) is 22.0 Å². The Balaban J connectivity index is 2.05. The van der Waals surface area contributed by atoms with Gasteiger partial charge in [0.1, 0.15) is 5.82 Å². The van der Waals surface area contributed by atoms with Crippen LogP contribution in [-0.2, 0) is 0 Å². The molecule has 0 saturated heterocycles. The van der Waals surface area contributed by atoms with Gasteiger partial charge in [-0.05, 0) is 54.7 Å². The monoisotopic (exact) mass is 370 g/mol. The number of carbonyl (C=O) groups is 1. The van der Waals surface area contributed by atoms with E-state index in [2.05, 4.69) is 26.6 Å². The minimum absolute atomic E-state index is 0.0565. The van der Waals surface area contributed by atoms with E-state index >= 15 is 0 Å². The summed E-state index contributed by atoms with van der Waals surface area (Å²) in [5.74, 6) is -0.930. The van der Waals surface area contributed by atoms with Crippen LogP contribution < -0.4 is 5.32 Å². The summed E-state index contributed by atoms with van der Waals surface area (Å²) in [7, 11) is 3.91. The lowest BCUT2D eigenvalue weighted by molar-refractivity contribution is 0.0938. The minimum Gasteiger partial charge on any atom is -0.350 e. The Bertz CT molecular complexity index is 616. The molecule has 1 aromatic carbocycles. The van der Waals surface area contributed by atoms with Crippen LogP contribution >= 0.6 is 27.3 Å². The van der Waals surface area contributed by atoms with Crippen molar-refractivity contribution in [3.8, 4) is 0 Å². The van der Waals surface area contributed by atoms with E-state index < -0.39 is 11.7 Å². The molecule has 0 unspecified atom stereocenters. The molecule has 1 heterocycles. The highest BCUT2D eigenvalue weighted by Gasteiger charge is 2.17. The maximum absolute atomic E-state index is 13.8. The van der Waals surface area contributed by atoms with E-state index in [1.54, 1.807) is 17.4 Å². The summed E-state index contributed by atoms with van der Waals surface area (Å²) in [6.07, 6.45) is 0. The molecule has 6 heteroatoms. The zero-order valence-electron chi connectivity index (χ0n) is 11.8. The van der Waals surface area contributed by atoms with E-state index in [1.807, 2.05) is 30.4 Å². The summed E-state index contributed by atoms with van der Waals surface area (Å²) in [5, 5.41) is 6.85. The summed E-state index contributed by atoms with van der Waals surface area (Å²) in [5.41, 5.74) is 1.20. The molecular formula is C15H16BrFN2OS. The maximum atomic E-state index is 13.8. The Kier molecular flexibility index (Phi) is 5.50. The number of rotatable bonds is 5. The van der Waals surface area contributed by atoms with Gasteiger partial charge in [0.05, 0.1) is 11.6 Å². The molecule has 1 atom stereocenters. The normalized spacial score (nSPS) is 12.4. The number of hydrogen-bond acceptors (Lipinski definition) is 3. The fraction of sp³-hybridized carbons (Fsp3) is 0.267. The quantitative estimate of drug-likeness (QED) is 0.870. The Labute approximate surface area is 135 Å². The first kappa shape index (κ1) is 16.1. The number of benzene rings is 1. The molecule has 0 spiro atoms. The summed E-state index contributed by atoms with van der Waals surface area (Å²) in [6.45, 7) is 0.429. The van der Waals surface area contributed by atoms with Crippen LogP contribution in [0.15, 0.2) is 39.5 Å². The van der Waals surface area contributed by atoms with Crippen molar-refractivity contribution in [1.82, 2.24) is 10.2 Å². The second-order valence-electron chi connectivity index (χ2n) is 4.87. The molecule has 0 aliphatic heterocycles. The van der Waals surface area contributed by atoms with Crippen molar-refractivity contribution < 1.29 is 9.18 Å². The Morgan fingerprint density at radius 2 is 2.19 bits per heavy atom. The number of hydrogen-bond donors (Lipinski definition) is 1. The number of nitrogens with zero attached hydrogens (tertiary/aromatic N) is 1. The van der Waals surface area contributed by atoms with Gasteiger partial charge in [-0.3, -0.25) is 4.79 Å². The summed E-state index contributed by atoms with van der Waals surface area (Å²) >= 11 is 4.79. The predicted octanol–water partition coefficient (Wildman–Crippen LogP) is 3.68. The second-order valence-corrected chi connectivity index (χ2v) is 6.57. The minimum atomic E-state index is -0.529. The average molecular weight is 371 g/mol. The molecule has 21 heavy (non-hydrogen) atoms. The van der Waals surface area contributed by atoms with Gasteiger partial charge in [0.2, 0.25) is 0 Å². The van der Waals surface area contributed by atoms with E-state index in [0.717, 1.165) is 5.56 Å². The lowest BCUT2D eigenvalue weighted by atomic mass is 10.1. The molecule has 2 aromatic rings. The van der Waals surface area contributed by atoms with E-state index in [4.69, 9.17) is 0 Å². The van der Waals surface area contributed by atoms with Gasteiger partial charge in [0.25, 0.3) is 5.91 Å². The van der Waals surface area contributed by atoms with Gasteiger partial charge in [-0.15, -0.1) is 0 Å². The van der Waals surface area contributed by atoms with Gasteiger partial charge in [-0.25, -0.2) is 4.39 Å². The highest BCUT2D eigenvalue weighted by molar-refractivity contribution is 9.10. The van der Waals surface area contributed by atoms with Crippen LogP contribution in [0.5, 0.6) is 0 Å². The largest absolute Gasteiger partial charge is 0.350 e. The number of halogens is 2. The molecule has 0 aliphatic carbocycles. The average Bonchev–Trinajstić information content (AvgIpc) is 2.92. The van der Waals surface area contributed by atoms with Gasteiger partial charge in [-0.1, -0.05) is 15.9 Å². The summed E-state index contributed by atoms with van der Waals surface area (Å²) in [4.78, 5) is 14.1. The Morgan fingerprint density at radius 3 is 2.76 bits per heavy atom. The van der Waals surface area contributed by atoms with Gasteiger partial charge >= 0.3 is 0 Å². The van der Waals surface area contributed by atoms with Crippen LogP contribution in [0.2, 0.25) is 0 Å². The third-order valence-electron chi connectivity index (χ3n) is 3.18. The molecule has 0 bridgehead atoms. The number of nitrogens with one attached hydrogen (secondary N) is 1. The van der Waals surface area contributed by atoms with Crippen molar-refractivity contribution in [3.05, 3.63) is 56.4 Å². The molecule has 0 saturated carbocycles. The predicted molar refractivity (Wildman–Crippen MR) is 87.2 cm³/mol. The molecule has 0 radical (unpaired) electrons. The third kappa shape index (κ3) is 4.12. The Hall–Kier alpha value is -1.24. The zero-order valence-corrected chi connectivity index (χ0v) is 14.2. The fourth-order valence-corrected chi connectivity index (χ4v) is 3.06. The fourth-order valence-electron chi connectivity index (χ4n) is 2.02. The van der Waals surface area contributed by atoms with Crippen molar-refractivity contribution in [2.75, 3.05) is 20.6 Å². The van der Waals surface area contributed by atoms with Crippen molar-refractivity contribution >= 4 is 33.2 Å². The molecule has 1 amide bonds. The number of likely N-dealkylation sites (N-methyl/N-ethyl adjacent to an activating group) is 1. The van der Waals surface area contributed by atoms with Crippen LogP contribution in [0, 0.1) is 5.82 Å². The number of amides is 1. The lowest BCUT2D eigenvalue weighted by Crippen LogP contribution is -2.34. The van der Waals surface area contributed by atoms with Crippen LogP contribution in [0.3, 0.4) is 0 Å².